The van der Waals surface area contributed by atoms with Crippen molar-refractivity contribution in [3.05, 3.63) is 315 Å². The van der Waals surface area contributed by atoms with Crippen molar-refractivity contribution in [3.8, 4) is 22.5 Å². The van der Waals surface area contributed by atoms with E-state index in [1.165, 1.54) is 85.1 Å². The van der Waals surface area contributed by atoms with E-state index in [1.54, 1.807) is 0 Å². The van der Waals surface area contributed by atoms with Gasteiger partial charge in [0, 0.05) is 32.9 Å². The molecule has 12 aromatic carbocycles. The molecule has 0 saturated heterocycles. The predicted octanol–water partition coefficient (Wildman–Crippen LogP) is 12.3. The van der Waals surface area contributed by atoms with Crippen molar-refractivity contribution in [2.75, 3.05) is 0 Å². The number of aromatic nitrogens is 2. The highest BCUT2D eigenvalue weighted by Crippen LogP contribution is 2.36. The van der Waals surface area contributed by atoms with Gasteiger partial charge in [0.15, 0.2) is 16.1 Å². The topological polar surface area (TPSA) is 9.86 Å². The van der Waals surface area contributed by atoms with Crippen LogP contribution >= 0.6 is 0 Å². The number of fused-ring (bicyclic) bond motifs is 6. The van der Waals surface area contributed by atoms with E-state index in [0.29, 0.717) is 0 Å². The minimum atomic E-state index is -2.81. The molecule has 0 unspecified atom stereocenters. The number of hydrogen-bond donors (Lipinski definition) is 0. The molecule has 0 spiro atoms. The van der Waals surface area contributed by atoms with Gasteiger partial charge in [0.25, 0.3) is 0 Å². The van der Waals surface area contributed by atoms with Gasteiger partial charge < -0.3 is 9.13 Å². The van der Waals surface area contributed by atoms with Crippen molar-refractivity contribution in [1.29, 1.82) is 0 Å². The van der Waals surface area contributed by atoms with Crippen LogP contribution in [0.15, 0.2) is 315 Å². The lowest BCUT2D eigenvalue weighted by Crippen LogP contribution is -2.74. The molecule has 14 rings (SSSR count). The normalized spacial score (nSPS) is 11.9. The molecule has 4 heteroatoms. The van der Waals surface area contributed by atoms with Gasteiger partial charge in [-0.2, -0.15) is 0 Å². The van der Waals surface area contributed by atoms with Gasteiger partial charge in [0.2, 0.25) is 0 Å². The van der Waals surface area contributed by atoms with E-state index in [1.807, 2.05) is 0 Å². The average Bonchev–Trinajstić information content (AvgIpc) is 4.19. The minimum Gasteiger partial charge on any atom is -0.309 e. The molecule has 2 nitrogen and oxygen atoms in total. The van der Waals surface area contributed by atoms with Crippen LogP contribution < -0.4 is 41.5 Å². The van der Waals surface area contributed by atoms with Crippen LogP contribution in [0.25, 0.3) is 66.1 Å². The first-order valence-corrected chi connectivity index (χ1v) is 30.3. The van der Waals surface area contributed by atoms with Crippen molar-refractivity contribution in [2.24, 2.45) is 0 Å². The van der Waals surface area contributed by atoms with E-state index in [-0.39, 0.29) is 0 Å². The zero-order valence-electron chi connectivity index (χ0n) is 41.9. The van der Waals surface area contributed by atoms with E-state index in [9.17, 15) is 0 Å². The summed E-state index contributed by atoms with van der Waals surface area (Å²) in [4.78, 5) is 0. The molecule has 0 radical (unpaired) electrons. The molecule has 0 bridgehead atoms. The molecular weight excluding hydrogens is 949 g/mol. The number of benzene rings is 12. The first-order chi connectivity index (χ1) is 37.7. The van der Waals surface area contributed by atoms with Crippen LogP contribution in [0.4, 0.5) is 0 Å². The Labute approximate surface area is 445 Å². The molecule has 0 atom stereocenters. The Morgan fingerprint density at radius 1 is 0.184 bits per heavy atom. The maximum absolute atomic E-state index is 2.81. The Bertz CT molecular complexity index is 3900. The summed E-state index contributed by atoms with van der Waals surface area (Å²) in [6.45, 7) is 0. The molecule has 76 heavy (non-hydrogen) atoms. The van der Waals surface area contributed by atoms with Gasteiger partial charge in [-0.15, -0.1) is 0 Å². The van der Waals surface area contributed by atoms with Crippen LogP contribution in [0.1, 0.15) is 0 Å². The lowest BCUT2D eigenvalue weighted by atomic mass is 10.0. The Balaban J connectivity index is 0.949. The summed E-state index contributed by atoms with van der Waals surface area (Å²) in [5.74, 6) is 0. The molecule has 358 valence electrons. The molecule has 2 aromatic heterocycles. The molecule has 0 aliphatic rings. The van der Waals surface area contributed by atoms with E-state index in [2.05, 4.69) is 325 Å². The minimum absolute atomic E-state index is 1.13. The van der Waals surface area contributed by atoms with Gasteiger partial charge in [-0.05, 0) is 101 Å². The van der Waals surface area contributed by atoms with Crippen molar-refractivity contribution in [3.63, 3.8) is 0 Å². The van der Waals surface area contributed by atoms with Gasteiger partial charge in [0.05, 0.1) is 22.1 Å². The molecule has 0 N–H and O–H groups in total. The second-order valence-electron chi connectivity index (χ2n) is 20.0. The monoisotopic (exact) mass is 1000 g/mol. The summed E-state index contributed by atoms with van der Waals surface area (Å²) in [7, 11) is -5.61. The predicted molar refractivity (Wildman–Crippen MR) is 328 cm³/mol. The van der Waals surface area contributed by atoms with Crippen LogP contribution in [0.5, 0.6) is 0 Å². The summed E-state index contributed by atoms with van der Waals surface area (Å²) in [6, 6.07) is 118. The Morgan fingerprint density at radius 3 is 0.776 bits per heavy atom. The summed E-state index contributed by atoms with van der Waals surface area (Å²) in [5.41, 5.74) is 9.36. The molecular formula is C72H52N2Si2. The SMILES string of the molecule is c1ccc([Si](c2ccccc2)(c2ccccc2)c2ccc3c4ccccc4n(-c4cccc(-c5cccc(-n6c7ccccc7c7ccc([Si](c8ccccc8)(c8ccccc8)c8ccccc8)cc76)c5)c4)c3c2)cc1. The van der Waals surface area contributed by atoms with Crippen LogP contribution in [-0.4, -0.2) is 25.3 Å². The van der Waals surface area contributed by atoms with E-state index >= 15 is 0 Å². The number of para-hydroxylation sites is 2. The molecule has 0 amide bonds. The van der Waals surface area contributed by atoms with Crippen LogP contribution in [0.3, 0.4) is 0 Å². The fraction of sp³-hybridized carbons (Fsp3) is 0. The second kappa shape index (κ2) is 18.9. The average molecular weight is 1000 g/mol. The van der Waals surface area contributed by atoms with E-state index in [0.717, 1.165) is 22.5 Å². The van der Waals surface area contributed by atoms with Crippen LogP contribution in [0.2, 0.25) is 0 Å². The van der Waals surface area contributed by atoms with E-state index < -0.39 is 16.1 Å². The highest BCUT2D eigenvalue weighted by Gasteiger charge is 2.43. The smallest absolute Gasteiger partial charge is 0.179 e. The molecule has 0 aliphatic heterocycles. The third-order valence-corrected chi connectivity index (χ3v) is 25.5. The van der Waals surface area contributed by atoms with Crippen molar-refractivity contribution >= 4 is 101 Å². The highest BCUT2D eigenvalue weighted by atomic mass is 28.3. The fourth-order valence-electron chi connectivity index (χ4n) is 12.7. The number of nitrogens with zero attached hydrogens (tertiary/aromatic N) is 2. The van der Waals surface area contributed by atoms with Crippen molar-refractivity contribution in [1.82, 2.24) is 9.13 Å². The summed E-state index contributed by atoms with van der Waals surface area (Å²) < 4.78 is 5.00. The van der Waals surface area contributed by atoms with Gasteiger partial charge in [-0.3, -0.25) is 0 Å². The molecule has 2 heterocycles. The maximum atomic E-state index is 2.52. The zero-order valence-corrected chi connectivity index (χ0v) is 43.9. The lowest BCUT2D eigenvalue weighted by molar-refractivity contribution is 1.17. The lowest BCUT2D eigenvalue weighted by Gasteiger charge is -2.34. The first kappa shape index (κ1) is 45.3. The molecule has 0 saturated carbocycles. The Kier molecular flexibility index (Phi) is 11.2. The molecule has 14 aromatic rings. The van der Waals surface area contributed by atoms with Crippen molar-refractivity contribution < 1.29 is 0 Å². The van der Waals surface area contributed by atoms with Crippen LogP contribution in [-0.2, 0) is 0 Å². The second-order valence-corrected chi connectivity index (χ2v) is 27.6. The third kappa shape index (κ3) is 7.21. The Hall–Kier alpha value is -9.33. The van der Waals surface area contributed by atoms with E-state index in [4.69, 9.17) is 0 Å². The summed E-state index contributed by atoms with van der Waals surface area (Å²) in [6.07, 6.45) is 0. The fourth-order valence-corrected chi connectivity index (χ4v) is 22.3. The van der Waals surface area contributed by atoms with Gasteiger partial charge in [-0.25, -0.2) is 0 Å². The standard InChI is InChI=1S/C72H52N2Si2/c1-7-29-57(30-8-1)75(58-31-9-2-10-32-58,59-33-11-3-12-34-59)63-45-47-67-65-41-19-21-43-69(65)73(71(67)51-63)55-27-23-25-53(49-55)54-26-24-28-56(50-54)74-70-44-22-20-42-66(70)68-48-46-64(52-72(68)74)76(60-35-13-4-14-36-60,61-37-15-5-16-38-61)62-39-17-6-18-40-62/h1-52H. The molecule has 0 fully saturated rings. The van der Waals surface area contributed by atoms with Gasteiger partial charge in [0.1, 0.15) is 0 Å². The highest BCUT2D eigenvalue weighted by molar-refractivity contribution is 7.20. The quantitative estimate of drug-likeness (QED) is 0.0903. The summed E-state index contributed by atoms with van der Waals surface area (Å²) in [5, 5.41) is 15.8. The third-order valence-electron chi connectivity index (χ3n) is 16.0. The first-order valence-electron chi connectivity index (χ1n) is 26.3. The largest absolute Gasteiger partial charge is 0.309 e. The Morgan fingerprint density at radius 2 is 0.461 bits per heavy atom. The van der Waals surface area contributed by atoms with Crippen LogP contribution in [0, 0.1) is 0 Å². The zero-order chi connectivity index (χ0) is 50.5. The summed E-state index contributed by atoms with van der Waals surface area (Å²) >= 11 is 0. The van der Waals surface area contributed by atoms with Gasteiger partial charge in [-0.1, -0.05) is 267 Å². The molecule has 0 aliphatic carbocycles. The van der Waals surface area contributed by atoms with Gasteiger partial charge >= 0.3 is 0 Å². The maximum Gasteiger partial charge on any atom is 0.179 e. The van der Waals surface area contributed by atoms with Crippen molar-refractivity contribution in [2.45, 2.75) is 0 Å². The number of hydrogen-bond acceptors (Lipinski definition) is 0. The number of rotatable bonds is 11.